The lowest BCUT2D eigenvalue weighted by Gasteiger charge is -2.28. The maximum Gasteiger partial charge on any atom is 0.356 e. The Hall–Kier alpha value is -3.82. The number of ether oxygens (including phenoxy) is 3. The molecular formula is C31H30ClFN4O4. The van der Waals surface area contributed by atoms with Gasteiger partial charge in [0, 0.05) is 29.7 Å². The molecule has 1 fully saturated rings. The van der Waals surface area contributed by atoms with Gasteiger partial charge in [0.1, 0.15) is 23.8 Å². The van der Waals surface area contributed by atoms with Crippen LogP contribution in [0.4, 0.5) is 4.39 Å². The summed E-state index contributed by atoms with van der Waals surface area (Å²) in [6, 6.07) is 12.0. The molecule has 4 aromatic rings. The monoisotopic (exact) mass is 576 g/mol. The molecule has 0 N–H and O–H groups in total. The van der Waals surface area contributed by atoms with E-state index in [1.807, 2.05) is 12.1 Å². The van der Waals surface area contributed by atoms with Gasteiger partial charge < -0.3 is 18.8 Å². The van der Waals surface area contributed by atoms with Gasteiger partial charge in [0.2, 0.25) is 5.88 Å². The molecule has 41 heavy (non-hydrogen) atoms. The number of allylic oxidation sites excluding steroid dienone is 2. The summed E-state index contributed by atoms with van der Waals surface area (Å²) >= 11 is 5.84. The minimum atomic E-state index is -0.466. The first-order valence-corrected chi connectivity index (χ1v) is 14.1. The molecule has 8 nitrogen and oxygen atoms in total. The van der Waals surface area contributed by atoms with Gasteiger partial charge >= 0.3 is 5.97 Å². The van der Waals surface area contributed by atoms with Crippen LogP contribution < -0.4 is 4.74 Å². The third kappa shape index (κ3) is 6.11. The van der Waals surface area contributed by atoms with Gasteiger partial charge in [-0.1, -0.05) is 29.8 Å². The molecule has 0 bridgehead atoms. The Morgan fingerprint density at radius 2 is 2.07 bits per heavy atom. The molecule has 0 saturated carbocycles. The highest BCUT2D eigenvalue weighted by Crippen LogP contribution is 2.33. The third-order valence-electron chi connectivity index (χ3n) is 7.72. The molecule has 0 amide bonds. The number of carbonyl (C=O) groups excluding carboxylic acids is 1. The molecule has 1 unspecified atom stereocenters. The predicted molar refractivity (Wildman–Crippen MR) is 152 cm³/mol. The minimum Gasteiger partial charge on any atom is -0.473 e. The highest BCUT2D eigenvalue weighted by molar-refractivity contribution is 6.30. The maximum atomic E-state index is 14.1. The average molecular weight is 577 g/mol. The molecule has 0 radical (unpaired) electrons. The van der Waals surface area contributed by atoms with Crippen LogP contribution in [0.5, 0.6) is 5.88 Å². The van der Waals surface area contributed by atoms with Crippen LogP contribution in [-0.4, -0.2) is 45.3 Å². The highest BCUT2D eigenvalue weighted by atomic mass is 35.5. The Balaban J connectivity index is 1.15. The maximum absolute atomic E-state index is 14.1. The van der Waals surface area contributed by atoms with E-state index in [0.29, 0.717) is 28.9 Å². The molecule has 2 aliphatic rings. The number of esters is 1. The van der Waals surface area contributed by atoms with Crippen LogP contribution in [0.1, 0.15) is 53.3 Å². The summed E-state index contributed by atoms with van der Waals surface area (Å²) in [6.45, 7) is 1.54. The number of fused-ring (bicyclic) bond motifs is 1. The second-order valence-corrected chi connectivity index (χ2v) is 10.9. The van der Waals surface area contributed by atoms with Crippen molar-refractivity contribution < 1.29 is 23.4 Å². The van der Waals surface area contributed by atoms with Gasteiger partial charge in [-0.3, -0.25) is 0 Å². The zero-order valence-electron chi connectivity index (χ0n) is 22.7. The topological polar surface area (TPSA) is 88.4 Å². The van der Waals surface area contributed by atoms with Crippen LogP contribution in [0.25, 0.3) is 16.6 Å². The summed E-state index contributed by atoms with van der Waals surface area (Å²) in [4.78, 5) is 25.9. The normalized spacial score (nSPS) is 18.6. The highest BCUT2D eigenvalue weighted by Gasteiger charge is 2.25. The van der Waals surface area contributed by atoms with Gasteiger partial charge in [-0.25, -0.2) is 24.1 Å². The smallest absolute Gasteiger partial charge is 0.356 e. The van der Waals surface area contributed by atoms with E-state index in [0.717, 1.165) is 61.3 Å². The molecular weight excluding hydrogens is 547 g/mol. The lowest BCUT2D eigenvalue weighted by molar-refractivity contribution is -0.0590. The van der Waals surface area contributed by atoms with Gasteiger partial charge in [0.15, 0.2) is 5.69 Å². The number of hydrogen-bond acceptors (Lipinski definition) is 7. The average Bonchev–Trinajstić information content (AvgIpc) is 3.30. The fourth-order valence-electron chi connectivity index (χ4n) is 5.32. The predicted octanol–water partition coefficient (Wildman–Crippen LogP) is 6.20. The third-order valence-corrected chi connectivity index (χ3v) is 7.96. The fourth-order valence-corrected chi connectivity index (χ4v) is 5.47. The van der Waals surface area contributed by atoms with Crippen LogP contribution in [-0.2, 0) is 29.0 Å². The lowest BCUT2D eigenvalue weighted by Crippen LogP contribution is -2.32. The summed E-state index contributed by atoms with van der Waals surface area (Å²) in [7, 11) is 1.35. The van der Waals surface area contributed by atoms with Crippen molar-refractivity contribution in [2.75, 3.05) is 13.7 Å². The lowest BCUT2D eigenvalue weighted by atomic mass is 9.86. The van der Waals surface area contributed by atoms with Gasteiger partial charge in [0.25, 0.3) is 0 Å². The van der Waals surface area contributed by atoms with E-state index < -0.39 is 11.8 Å². The molecule has 1 aliphatic carbocycles. The first-order chi connectivity index (χ1) is 20.0. The number of benzene rings is 1. The van der Waals surface area contributed by atoms with Gasteiger partial charge in [0.05, 0.1) is 37.2 Å². The molecule has 0 spiro atoms. The van der Waals surface area contributed by atoms with E-state index in [2.05, 4.69) is 20.6 Å². The van der Waals surface area contributed by atoms with Gasteiger partial charge in [-0.2, -0.15) is 0 Å². The Kier molecular flexibility index (Phi) is 7.98. The summed E-state index contributed by atoms with van der Waals surface area (Å²) in [6.07, 6.45) is 8.62. The van der Waals surface area contributed by atoms with Crippen molar-refractivity contribution in [1.29, 1.82) is 0 Å². The minimum absolute atomic E-state index is 0.0735. The second kappa shape index (κ2) is 12.0. The van der Waals surface area contributed by atoms with Crippen molar-refractivity contribution in [1.82, 2.24) is 19.5 Å². The zero-order chi connectivity index (χ0) is 28.3. The number of imidazole rings is 1. The summed E-state index contributed by atoms with van der Waals surface area (Å²) in [5.41, 5.74) is 4.37. The van der Waals surface area contributed by atoms with Crippen molar-refractivity contribution in [3.63, 3.8) is 0 Å². The number of carbonyl (C=O) groups is 1. The molecule has 1 saturated heterocycles. The van der Waals surface area contributed by atoms with E-state index in [9.17, 15) is 9.18 Å². The molecule has 1 aromatic carbocycles. The Bertz CT molecular complexity index is 1620. The van der Waals surface area contributed by atoms with Crippen molar-refractivity contribution >= 4 is 34.2 Å². The fraction of sp³-hybridized carbons (Fsp3) is 0.355. The number of pyridine rings is 2. The molecule has 6 rings (SSSR count). The number of rotatable bonds is 9. The van der Waals surface area contributed by atoms with Crippen molar-refractivity contribution in [2.45, 2.75) is 51.4 Å². The SMILES string of the molecule is COC(=O)c1cc2c(cn1)nc(CC1CC=C(c3cccc(OCc4ccc(Cl)cc4F)n3)CC1)n2C[C@@H]1CCO1. The number of methoxy groups -OCH3 is 1. The number of halogens is 2. The van der Waals surface area contributed by atoms with Gasteiger partial charge in [-0.05, 0) is 61.4 Å². The van der Waals surface area contributed by atoms with Crippen LogP contribution in [0.3, 0.4) is 0 Å². The van der Waals surface area contributed by atoms with E-state index >= 15 is 0 Å². The zero-order valence-corrected chi connectivity index (χ0v) is 23.4. The van der Waals surface area contributed by atoms with Crippen LogP contribution in [0.2, 0.25) is 5.02 Å². The van der Waals surface area contributed by atoms with E-state index in [4.69, 9.17) is 30.8 Å². The van der Waals surface area contributed by atoms with Crippen LogP contribution in [0, 0.1) is 11.7 Å². The molecule has 1 aliphatic heterocycles. The molecule has 2 atom stereocenters. The van der Waals surface area contributed by atoms with Gasteiger partial charge in [-0.15, -0.1) is 0 Å². The van der Waals surface area contributed by atoms with E-state index in [-0.39, 0.29) is 18.4 Å². The summed E-state index contributed by atoms with van der Waals surface area (Å²) < 4.78 is 32.7. The van der Waals surface area contributed by atoms with Crippen molar-refractivity contribution in [3.05, 3.63) is 88.4 Å². The van der Waals surface area contributed by atoms with Crippen molar-refractivity contribution in [2.24, 2.45) is 5.92 Å². The number of nitrogens with zero attached hydrogens (tertiary/aromatic N) is 4. The van der Waals surface area contributed by atoms with E-state index in [1.54, 1.807) is 30.5 Å². The molecule has 212 valence electrons. The number of aromatic nitrogens is 4. The first-order valence-electron chi connectivity index (χ1n) is 13.7. The Morgan fingerprint density at radius 1 is 1.20 bits per heavy atom. The van der Waals surface area contributed by atoms with Crippen molar-refractivity contribution in [3.8, 4) is 5.88 Å². The first kappa shape index (κ1) is 27.4. The summed E-state index contributed by atoms with van der Waals surface area (Å²) in [5, 5.41) is 0.350. The standard InChI is InChI=1S/C31H30ClFN4O4/c1-39-31(38)26-15-28-27(16-34-26)35-29(37(28)17-23-11-12-40-23)13-19-5-7-20(8-6-19)25-3-2-4-30(36-25)41-18-21-9-10-22(32)14-24(21)33/h2-4,7,9-10,14-16,19,23H,5-6,8,11-13,17-18H2,1H3/t19?,23-/m0/s1. The van der Waals surface area contributed by atoms with E-state index in [1.165, 1.54) is 18.7 Å². The van der Waals surface area contributed by atoms with Crippen LogP contribution >= 0.6 is 11.6 Å². The quantitative estimate of drug-likeness (QED) is 0.219. The Morgan fingerprint density at radius 3 is 2.80 bits per heavy atom. The molecule has 4 heterocycles. The number of hydrogen-bond donors (Lipinski definition) is 0. The summed E-state index contributed by atoms with van der Waals surface area (Å²) in [5.74, 6) is 0.975. The largest absolute Gasteiger partial charge is 0.473 e. The second-order valence-electron chi connectivity index (χ2n) is 10.4. The molecule has 3 aromatic heterocycles. The Labute approximate surface area is 242 Å². The molecule has 10 heteroatoms. The van der Waals surface area contributed by atoms with Crippen LogP contribution in [0.15, 0.2) is 54.7 Å².